The Kier molecular flexibility index (Phi) is 4.16. The van der Waals surface area contributed by atoms with Crippen molar-refractivity contribution in [3.05, 3.63) is 54.6 Å². The minimum atomic E-state index is 0.327. The van der Waals surface area contributed by atoms with Crippen molar-refractivity contribution in [2.75, 3.05) is 23.3 Å². The monoisotopic (exact) mass is 334 g/mol. The van der Waals surface area contributed by atoms with Crippen molar-refractivity contribution in [3.8, 4) is 0 Å². The number of aromatic nitrogens is 6. The first-order chi connectivity index (χ1) is 12.3. The summed E-state index contributed by atoms with van der Waals surface area (Å²) in [6.07, 6.45) is 9.51. The van der Waals surface area contributed by atoms with Crippen LogP contribution in [0.3, 0.4) is 0 Å². The molecule has 1 N–H and O–H groups in total. The number of aryl methyl sites for hydroxylation is 1. The predicted octanol–water partition coefficient (Wildman–Crippen LogP) is 2.10. The van der Waals surface area contributed by atoms with E-state index in [2.05, 4.69) is 40.1 Å². The maximum absolute atomic E-state index is 4.63. The van der Waals surface area contributed by atoms with Crippen LogP contribution < -0.4 is 10.2 Å². The molecule has 4 heterocycles. The SMILES string of the molecule is Cc1nc(Nc2cnccn2)cc([C@H]2CCN(c3ncccn3)C2)n1. The lowest BCUT2D eigenvalue weighted by Crippen LogP contribution is -2.21. The zero-order valence-corrected chi connectivity index (χ0v) is 13.9. The van der Waals surface area contributed by atoms with Crippen molar-refractivity contribution in [2.45, 2.75) is 19.3 Å². The summed E-state index contributed by atoms with van der Waals surface area (Å²) in [6.45, 7) is 3.67. The average Bonchev–Trinajstić information content (AvgIpc) is 3.13. The molecule has 0 amide bonds. The Morgan fingerprint density at radius 3 is 2.72 bits per heavy atom. The van der Waals surface area contributed by atoms with Gasteiger partial charge in [0.1, 0.15) is 17.5 Å². The molecule has 25 heavy (non-hydrogen) atoms. The largest absolute Gasteiger partial charge is 0.340 e. The molecule has 8 heteroatoms. The lowest BCUT2D eigenvalue weighted by molar-refractivity contribution is 0.732. The minimum absolute atomic E-state index is 0.327. The van der Waals surface area contributed by atoms with Crippen molar-refractivity contribution in [2.24, 2.45) is 0 Å². The Hall–Kier alpha value is -3.16. The van der Waals surface area contributed by atoms with Gasteiger partial charge in [-0.2, -0.15) is 0 Å². The maximum Gasteiger partial charge on any atom is 0.225 e. The first kappa shape index (κ1) is 15.4. The van der Waals surface area contributed by atoms with E-state index in [9.17, 15) is 0 Å². The van der Waals surface area contributed by atoms with E-state index >= 15 is 0 Å². The van der Waals surface area contributed by atoms with Crippen molar-refractivity contribution in [1.29, 1.82) is 0 Å². The molecule has 0 radical (unpaired) electrons. The zero-order valence-electron chi connectivity index (χ0n) is 13.9. The molecule has 0 saturated carbocycles. The molecule has 126 valence electrons. The van der Waals surface area contributed by atoms with Crippen LogP contribution in [0.5, 0.6) is 0 Å². The number of rotatable bonds is 4. The maximum atomic E-state index is 4.63. The lowest BCUT2D eigenvalue weighted by Gasteiger charge is -2.16. The number of nitrogens with one attached hydrogen (secondary N) is 1. The van der Waals surface area contributed by atoms with Gasteiger partial charge in [-0.25, -0.2) is 24.9 Å². The number of hydrogen-bond acceptors (Lipinski definition) is 8. The molecule has 1 aliphatic rings. The highest BCUT2D eigenvalue weighted by molar-refractivity contribution is 5.51. The summed E-state index contributed by atoms with van der Waals surface area (Å²) in [5.74, 6) is 3.23. The van der Waals surface area contributed by atoms with Gasteiger partial charge in [-0.3, -0.25) is 4.98 Å². The molecule has 0 bridgehead atoms. The van der Waals surface area contributed by atoms with E-state index in [1.54, 1.807) is 31.0 Å². The fraction of sp³-hybridized carbons (Fsp3) is 0.294. The van der Waals surface area contributed by atoms with Crippen LogP contribution in [0.25, 0.3) is 0 Å². The summed E-state index contributed by atoms with van der Waals surface area (Å²) in [6, 6.07) is 3.82. The predicted molar refractivity (Wildman–Crippen MR) is 93.7 cm³/mol. The highest BCUT2D eigenvalue weighted by atomic mass is 15.3. The second kappa shape index (κ2) is 6.76. The van der Waals surface area contributed by atoms with E-state index in [0.29, 0.717) is 11.7 Å². The normalized spacial score (nSPS) is 16.8. The van der Waals surface area contributed by atoms with Gasteiger partial charge in [0, 0.05) is 49.9 Å². The van der Waals surface area contributed by atoms with Crippen LogP contribution in [0.1, 0.15) is 23.9 Å². The third kappa shape index (κ3) is 3.52. The molecule has 8 nitrogen and oxygen atoms in total. The van der Waals surface area contributed by atoms with E-state index in [1.807, 2.05) is 19.1 Å². The standard InChI is InChI=1S/C17H18N8/c1-12-22-14(9-15(23-12)24-16-10-18-6-7-19-16)13-3-8-25(11-13)17-20-4-2-5-21-17/h2,4-7,9-10,13H,3,8,11H2,1H3,(H,19,22,23,24)/t13-/m0/s1. The summed E-state index contributed by atoms with van der Waals surface area (Å²) in [4.78, 5) is 28.2. The summed E-state index contributed by atoms with van der Waals surface area (Å²) in [5.41, 5.74) is 1.03. The molecule has 0 aliphatic carbocycles. The van der Waals surface area contributed by atoms with Crippen LogP contribution in [0.2, 0.25) is 0 Å². The van der Waals surface area contributed by atoms with Crippen molar-refractivity contribution in [1.82, 2.24) is 29.9 Å². The van der Waals surface area contributed by atoms with Crippen molar-refractivity contribution >= 4 is 17.6 Å². The molecule has 1 fully saturated rings. The van der Waals surface area contributed by atoms with E-state index in [-0.39, 0.29) is 0 Å². The molecule has 1 aliphatic heterocycles. The number of anilines is 3. The van der Waals surface area contributed by atoms with Crippen LogP contribution >= 0.6 is 0 Å². The highest BCUT2D eigenvalue weighted by Crippen LogP contribution is 2.29. The van der Waals surface area contributed by atoms with Crippen molar-refractivity contribution < 1.29 is 0 Å². The molecule has 0 unspecified atom stereocenters. The highest BCUT2D eigenvalue weighted by Gasteiger charge is 2.27. The van der Waals surface area contributed by atoms with Crippen LogP contribution in [0, 0.1) is 6.92 Å². The second-order valence-corrected chi connectivity index (χ2v) is 5.92. The van der Waals surface area contributed by atoms with Gasteiger partial charge >= 0.3 is 0 Å². The quantitative estimate of drug-likeness (QED) is 0.775. The van der Waals surface area contributed by atoms with E-state index in [4.69, 9.17) is 0 Å². The fourth-order valence-corrected chi connectivity index (χ4v) is 3.00. The summed E-state index contributed by atoms with van der Waals surface area (Å²) in [7, 11) is 0. The lowest BCUT2D eigenvalue weighted by atomic mass is 10.0. The third-order valence-corrected chi connectivity index (χ3v) is 4.12. The molecule has 0 spiro atoms. The van der Waals surface area contributed by atoms with E-state index < -0.39 is 0 Å². The molecular formula is C17H18N8. The molecule has 3 aromatic heterocycles. The first-order valence-electron chi connectivity index (χ1n) is 8.18. The summed E-state index contributed by atoms with van der Waals surface area (Å²) < 4.78 is 0. The van der Waals surface area contributed by atoms with Gasteiger partial charge < -0.3 is 10.2 Å². The van der Waals surface area contributed by atoms with Gasteiger partial charge in [-0.05, 0) is 19.4 Å². The number of nitrogens with zero attached hydrogens (tertiary/aromatic N) is 7. The molecule has 0 aromatic carbocycles. The van der Waals surface area contributed by atoms with Gasteiger partial charge in [-0.15, -0.1) is 0 Å². The molecule has 1 atom stereocenters. The molecule has 1 saturated heterocycles. The van der Waals surface area contributed by atoms with Gasteiger partial charge in [0.25, 0.3) is 0 Å². The Balaban J connectivity index is 1.53. The molecule has 4 rings (SSSR count). The van der Waals surface area contributed by atoms with E-state index in [1.165, 1.54) is 0 Å². The second-order valence-electron chi connectivity index (χ2n) is 5.92. The molecule has 3 aromatic rings. The topological polar surface area (TPSA) is 92.6 Å². The summed E-state index contributed by atoms with van der Waals surface area (Å²) >= 11 is 0. The minimum Gasteiger partial charge on any atom is -0.340 e. The molecular weight excluding hydrogens is 316 g/mol. The zero-order chi connectivity index (χ0) is 17.1. The fourth-order valence-electron chi connectivity index (χ4n) is 3.00. The third-order valence-electron chi connectivity index (χ3n) is 4.12. The van der Waals surface area contributed by atoms with Crippen LogP contribution in [-0.4, -0.2) is 43.0 Å². The van der Waals surface area contributed by atoms with Crippen molar-refractivity contribution in [3.63, 3.8) is 0 Å². The van der Waals surface area contributed by atoms with Crippen LogP contribution in [-0.2, 0) is 0 Å². The number of hydrogen-bond donors (Lipinski definition) is 1. The first-order valence-corrected chi connectivity index (χ1v) is 8.18. The Labute approximate surface area is 145 Å². The van der Waals surface area contributed by atoms with Gasteiger partial charge in [0.2, 0.25) is 5.95 Å². The Bertz CT molecular complexity index is 840. The Morgan fingerprint density at radius 2 is 1.92 bits per heavy atom. The van der Waals surface area contributed by atoms with Gasteiger partial charge in [0.05, 0.1) is 11.9 Å². The van der Waals surface area contributed by atoms with Crippen LogP contribution in [0.4, 0.5) is 17.6 Å². The van der Waals surface area contributed by atoms with E-state index in [0.717, 1.165) is 42.8 Å². The smallest absolute Gasteiger partial charge is 0.225 e. The van der Waals surface area contributed by atoms with Crippen LogP contribution in [0.15, 0.2) is 43.1 Å². The summed E-state index contributed by atoms with van der Waals surface area (Å²) in [5, 5.41) is 3.19. The average molecular weight is 334 g/mol. The van der Waals surface area contributed by atoms with Gasteiger partial charge in [-0.1, -0.05) is 0 Å². The Morgan fingerprint density at radius 1 is 1.04 bits per heavy atom. The van der Waals surface area contributed by atoms with Gasteiger partial charge in [0.15, 0.2) is 0 Å².